The average Bonchev–Trinajstić information content (AvgIpc) is 2.23. The lowest BCUT2D eigenvalue weighted by molar-refractivity contribution is 0.547. The molecule has 0 aromatic carbocycles. The molecule has 1 aromatic heterocycles. The zero-order valence-corrected chi connectivity index (χ0v) is 8.98. The molecule has 82 valence electrons. The minimum Gasteiger partial charge on any atom is -0.301 e. The fraction of sp³-hybridized carbons (Fsp3) is 0.455. The van der Waals surface area contributed by atoms with Crippen LogP contribution in [0.25, 0.3) is 0 Å². The molecule has 0 aliphatic heterocycles. The van der Waals surface area contributed by atoms with Crippen LogP contribution in [0.3, 0.4) is 0 Å². The molecule has 0 saturated heterocycles. The second-order valence-electron chi connectivity index (χ2n) is 3.31. The van der Waals surface area contributed by atoms with Crippen molar-refractivity contribution in [1.82, 2.24) is 9.13 Å². The lowest BCUT2D eigenvalue weighted by Gasteiger charge is -2.06. The summed E-state index contributed by atoms with van der Waals surface area (Å²) in [5.74, 6) is 0. The molecule has 1 heterocycles. The number of allylic oxidation sites excluding steroid dienone is 1. The number of nitrogens with zero attached hydrogens (tertiary/aromatic N) is 2. The lowest BCUT2D eigenvalue weighted by atomic mass is 10.3. The second-order valence-corrected chi connectivity index (χ2v) is 3.31. The molecule has 0 fully saturated rings. The van der Waals surface area contributed by atoms with E-state index in [9.17, 15) is 9.59 Å². The molecule has 0 radical (unpaired) electrons. The van der Waals surface area contributed by atoms with Crippen molar-refractivity contribution in [2.45, 2.75) is 32.9 Å². The number of hydrogen-bond donors (Lipinski definition) is 0. The normalized spacial score (nSPS) is 10.2. The number of rotatable bonds is 5. The molecule has 1 rings (SSSR count). The van der Waals surface area contributed by atoms with Crippen LogP contribution in [0.1, 0.15) is 19.8 Å². The molecule has 4 nitrogen and oxygen atoms in total. The van der Waals surface area contributed by atoms with Crippen molar-refractivity contribution in [2.75, 3.05) is 0 Å². The van der Waals surface area contributed by atoms with E-state index in [-0.39, 0.29) is 11.2 Å². The Morgan fingerprint density at radius 3 is 2.80 bits per heavy atom. The Morgan fingerprint density at radius 1 is 1.47 bits per heavy atom. The molecule has 15 heavy (non-hydrogen) atoms. The van der Waals surface area contributed by atoms with Crippen LogP contribution in [-0.2, 0) is 13.1 Å². The first-order valence-corrected chi connectivity index (χ1v) is 5.12. The van der Waals surface area contributed by atoms with Gasteiger partial charge in [0, 0.05) is 25.4 Å². The van der Waals surface area contributed by atoms with E-state index < -0.39 is 0 Å². The summed E-state index contributed by atoms with van der Waals surface area (Å²) < 4.78 is 2.79. The number of aromatic nitrogens is 2. The minimum absolute atomic E-state index is 0.228. The van der Waals surface area contributed by atoms with Gasteiger partial charge >= 0.3 is 5.69 Å². The van der Waals surface area contributed by atoms with Gasteiger partial charge < -0.3 is 4.57 Å². The summed E-state index contributed by atoms with van der Waals surface area (Å²) in [6, 6.07) is 1.43. The van der Waals surface area contributed by atoms with Crippen LogP contribution in [0.2, 0.25) is 0 Å². The van der Waals surface area contributed by atoms with E-state index in [1.165, 1.54) is 21.4 Å². The van der Waals surface area contributed by atoms with Crippen molar-refractivity contribution >= 4 is 0 Å². The highest BCUT2D eigenvalue weighted by Gasteiger charge is 2.02. The smallest absolute Gasteiger partial charge is 0.301 e. The molecule has 0 unspecified atom stereocenters. The van der Waals surface area contributed by atoms with Crippen LogP contribution in [0.5, 0.6) is 0 Å². The van der Waals surface area contributed by atoms with Gasteiger partial charge in [-0.2, -0.15) is 0 Å². The Bertz CT molecular complexity index is 443. The Balaban J connectivity index is 2.99. The molecular formula is C11H16N2O2. The maximum absolute atomic E-state index is 11.7. The van der Waals surface area contributed by atoms with Gasteiger partial charge in [-0.25, -0.2) is 4.79 Å². The summed E-state index contributed by atoms with van der Waals surface area (Å²) in [6.07, 6.45) is 4.90. The van der Waals surface area contributed by atoms with Crippen LogP contribution < -0.4 is 11.2 Å². The van der Waals surface area contributed by atoms with E-state index in [0.717, 1.165) is 12.8 Å². The monoisotopic (exact) mass is 208 g/mol. The standard InChI is InChI=1S/C11H16N2O2/c1-3-5-6-8-13-10(14)7-9-12(4-2)11(13)15/h3,7,9H,1,4-6,8H2,2H3. The highest BCUT2D eigenvalue weighted by atomic mass is 16.2. The second kappa shape index (κ2) is 5.34. The fourth-order valence-corrected chi connectivity index (χ4v) is 1.40. The molecule has 0 aliphatic carbocycles. The zero-order valence-electron chi connectivity index (χ0n) is 8.98. The van der Waals surface area contributed by atoms with Crippen molar-refractivity contribution in [1.29, 1.82) is 0 Å². The molecule has 0 aliphatic rings. The van der Waals surface area contributed by atoms with Gasteiger partial charge in [-0.3, -0.25) is 9.36 Å². The predicted molar refractivity (Wildman–Crippen MR) is 60.1 cm³/mol. The first-order chi connectivity index (χ1) is 7.20. The fourth-order valence-electron chi connectivity index (χ4n) is 1.40. The quantitative estimate of drug-likeness (QED) is 0.535. The van der Waals surface area contributed by atoms with Gasteiger partial charge in [-0.1, -0.05) is 6.08 Å². The Hall–Kier alpha value is -1.58. The third kappa shape index (κ3) is 2.68. The summed E-state index contributed by atoms with van der Waals surface area (Å²) in [5, 5.41) is 0. The Morgan fingerprint density at radius 2 is 2.20 bits per heavy atom. The van der Waals surface area contributed by atoms with Crippen molar-refractivity contribution in [3.63, 3.8) is 0 Å². The van der Waals surface area contributed by atoms with E-state index in [1.54, 1.807) is 6.08 Å². The molecule has 0 bridgehead atoms. The summed E-state index contributed by atoms with van der Waals surface area (Å²) in [5.41, 5.74) is -0.456. The molecule has 0 N–H and O–H groups in total. The van der Waals surface area contributed by atoms with Gasteiger partial charge in [-0.15, -0.1) is 6.58 Å². The van der Waals surface area contributed by atoms with Crippen molar-refractivity contribution in [2.24, 2.45) is 0 Å². The van der Waals surface area contributed by atoms with Crippen LogP contribution in [-0.4, -0.2) is 9.13 Å². The number of hydrogen-bond acceptors (Lipinski definition) is 2. The molecule has 0 saturated carbocycles. The largest absolute Gasteiger partial charge is 0.330 e. The predicted octanol–water partition coefficient (Wildman–Crippen LogP) is 0.996. The van der Waals surface area contributed by atoms with Gasteiger partial charge in [0.25, 0.3) is 5.56 Å². The van der Waals surface area contributed by atoms with Crippen molar-refractivity contribution in [3.8, 4) is 0 Å². The van der Waals surface area contributed by atoms with Crippen LogP contribution >= 0.6 is 0 Å². The summed E-state index contributed by atoms with van der Waals surface area (Å²) in [4.78, 5) is 23.1. The number of unbranched alkanes of at least 4 members (excludes halogenated alkanes) is 1. The minimum atomic E-state index is -0.228. The summed E-state index contributed by atoms with van der Waals surface area (Å²) in [7, 11) is 0. The zero-order chi connectivity index (χ0) is 11.3. The SMILES string of the molecule is C=CCCCn1c(=O)ccn(CC)c1=O. The highest BCUT2D eigenvalue weighted by Crippen LogP contribution is 1.90. The third-order valence-corrected chi connectivity index (χ3v) is 2.27. The summed E-state index contributed by atoms with van der Waals surface area (Å²) in [6.45, 7) is 6.52. The summed E-state index contributed by atoms with van der Waals surface area (Å²) >= 11 is 0. The Kier molecular flexibility index (Phi) is 4.09. The van der Waals surface area contributed by atoms with Gasteiger partial charge in [-0.05, 0) is 19.8 Å². The molecule has 0 atom stereocenters. The van der Waals surface area contributed by atoms with Crippen LogP contribution in [0, 0.1) is 0 Å². The topological polar surface area (TPSA) is 44.0 Å². The maximum Gasteiger partial charge on any atom is 0.330 e. The first-order valence-electron chi connectivity index (χ1n) is 5.12. The lowest BCUT2D eigenvalue weighted by Crippen LogP contribution is -2.38. The van der Waals surface area contributed by atoms with E-state index >= 15 is 0 Å². The Labute approximate surface area is 88.5 Å². The van der Waals surface area contributed by atoms with E-state index in [2.05, 4.69) is 6.58 Å². The molecule has 0 amide bonds. The van der Waals surface area contributed by atoms with E-state index in [4.69, 9.17) is 0 Å². The van der Waals surface area contributed by atoms with E-state index in [1.807, 2.05) is 6.92 Å². The molecular weight excluding hydrogens is 192 g/mol. The van der Waals surface area contributed by atoms with Crippen molar-refractivity contribution < 1.29 is 0 Å². The maximum atomic E-state index is 11.7. The third-order valence-electron chi connectivity index (χ3n) is 2.27. The van der Waals surface area contributed by atoms with Crippen LogP contribution in [0.15, 0.2) is 34.5 Å². The average molecular weight is 208 g/mol. The van der Waals surface area contributed by atoms with Crippen LogP contribution in [0.4, 0.5) is 0 Å². The van der Waals surface area contributed by atoms with Gasteiger partial charge in [0.05, 0.1) is 0 Å². The first kappa shape index (κ1) is 11.5. The van der Waals surface area contributed by atoms with Gasteiger partial charge in [0.15, 0.2) is 0 Å². The number of aryl methyl sites for hydroxylation is 1. The van der Waals surface area contributed by atoms with Gasteiger partial charge in [0.1, 0.15) is 0 Å². The molecule has 0 spiro atoms. The molecule has 1 aromatic rings. The highest BCUT2D eigenvalue weighted by molar-refractivity contribution is 4.86. The van der Waals surface area contributed by atoms with Gasteiger partial charge in [0.2, 0.25) is 0 Å². The van der Waals surface area contributed by atoms with Crippen molar-refractivity contribution in [3.05, 3.63) is 45.8 Å². The molecule has 4 heteroatoms. The van der Waals surface area contributed by atoms with E-state index in [0.29, 0.717) is 13.1 Å².